The summed E-state index contributed by atoms with van der Waals surface area (Å²) in [6.45, 7) is 2.56. The molecule has 4 heteroatoms. The van der Waals surface area contributed by atoms with Crippen molar-refractivity contribution < 1.29 is 4.79 Å². The fourth-order valence-electron chi connectivity index (χ4n) is 1.93. The molecule has 2 aromatic carbocycles. The molecule has 0 aliphatic heterocycles. The van der Waals surface area contributed by atoms with Gasteiger partial charge in [0.05, 0.1) is 0 Å². The molecule has 2 aromatic rings. The van der Waals surface area contributed by atoms with E-state index in [1.54, 1.807) is 0 Å². The summed E-state index contributed by atoms with van der Waals surface area (Å²) in [6.07, 6.45) is 0.890. The number of hydrogen-bond acceptors (Lipinski definition) is 1. The average Bonchev–Trinajstić information content (AvgIpc) is 2.47. The lowest BCUT2D eigenvalue weighted by molar-refractivity contribution is 0.251. The number of benzene rings is 2. The first-order chi connectivity index (χ1) is 9.70. The van der Waals surface area contributed by atoms with Crippen LogP contribution in [-0.4, -0.2) is 6.03 Å². The van der Waals surface area contributed by atoms with Gasteiger partial charge in [0, 0.05) is 16.7 Å². The summed E-state index contributed by atoms with van der Waals surface area (Å²) >= 11 is 3.46. The van der Waals surface area contributed by atoms with Crippen molar-refractivity contribution in [1.29, 1.82) is 0 Å². The van der Waals surface area contributed by atoms with Crippen molar-refractivity contribution in [2.75, 3.05) is 5.32 Å². The molecule has 0 radical (unpaired) electrons. The molecule has 0 aliphatic carbocycles. The number of carbonyl (C=O) groups is 1. The minimum absolute atomic E-state index is 0.193. The molecule has 3 nitrogen and oxygen atoms in total. The summed E-state index contributed by atoms with van der Waals surface area (Å²) in [5.74, 6) is 0. The topological polar surface area (TPSA) is 41.1 Å². The van der Waals surface area contributed by atoms with Crippen molar-refractivity contribution >= 4 is 27.6 Å². The normalized spacial score (nSPS) is 10.1. The summed E-state index contributed by atoms with van der Waals surface area (Å²) in [7, 11) is 0. The van der Waals surface area contributed by atoms with E-state index in [9.17, 15) is 4.79 Å². The SMILES string of the molecule is CCc1ccccc1NC(=O)NCc1ccccc1Br. The Labute approximate surface area is 127 Å². The van der Waals surface area contributed by atoms with Crippen LogP contribution in [0.5, 0.6) is 0 Å². The highest BCUT2D eigenvalue weighted by Gasteiger charge is 2.05. The van der Waals surface area contributed by atoms with Crippen molar-refractivity contribution in [3.8, 4) is 0 Å². The van der Waals surface area contributed by atoms with Gasteiger partial charge >= 0.3 is 6.03 Å². The number of amides is 2. The molecule has 0 saturated carbocycles. The number of carbonyl (C=O) groups excluding carboxylic acids is 1. The third-order valence-corrected chi connectivity index (χ3v) is 3.82. The highest BCUT2D eigenvalue weighted by Crippen LogP contribution is 2.16. The molecule has 0 spiro atoms. The Bertz CT molecular complexity index is 599. The number of anilines is 1. The largest absolute Gasteiger partial charge is 0.334 e. The summed E-state index contributed by atoms with van der Waals surface area (Å²) in [4.78, 5) is 11.9. The van der Waals surface area contributed by atoms with Crippen LogP contribution in [0.25, 0.3) is 0 Å². The smallest absolute Gasteiger partial charge is 0.319 e. The van der Waals surface area contributed by atoms with E-state index in [-0.39, 0.29) is 6.03 Å². The fourth-order valence-corrected chi connectivity index (χ4v) is 2.36. The zero-order valence-electron chi connectivity index (χ0n) is 11.3. The number of nitrogens with one attached hydrogen (secondary N) is 2. The van der Waals surface area contributed by atoms with Crippen LogP contribution < -0.4 is 10.6 Å². The second kappa shape index (κ2) is 7.10. The second-order valence-corrected chi connectivity index (χ2v) is 5.26. The average molecular weight is 333 g/mol. The Hall–Kier alpha value is -1.81. The highest BCUT2D eigenvalue weighted by atomic mass is 79.9. The molecule has 2 rings (SSSR count). The van der Waals surface area contributed by atoms with E-state index in [1.807, 2.05) is 48.5 Å². The molecule has 0 bridgehead atoms. The van der Waals surface area contributed by atoms with E-state index in [0.717, 1.165) is 27.7 Å². The molecule has 104 valence electrons. The number of urea groups is 1. The molecular formula is C16H17BrN2O. The Kier molecular flexibility index (Phi) is 5.18. The van der Waals surface area contributed by atoms with E-state index < -0.39 is 0 Å². The molecule has 0 saturated heterocycles. The molecule has 2 N–H and O–H groups in total. The monoisotopic (exact) mass is 332 g/mol. The summed E-state index contributed by atoms with van der Waals surface area (Å²) in [5.41, 5.74) is 3.04. The second-order valence-electron chi connectivity index (χ2n) is 4.41. The van der Waals surface area contributed by atoms with E-state index in [2.05, 4.69) is 33.5 Å². The van der Waals surface area contributed by atoms with Crippen LogP contribution >= 0.6 is 15.9 Å². The summed E-state index contributed by atoms with van der Waals surface area (Å²) in [5, 5.41) is 5.75. The lowest BCUT2D eigenvalue weighted by Crippen LogP contribution is -2.28. The van der Waals surface area contributed by atoms with Gasteiger partial charge in [-0.3, -0.25) is 0 Å². The van der Waals surface area contributed by atoms with E-state index in [4.69, 9.17) is 0 Å². The van der Waals surface area contributed by atoms with Crippen LogP contribution in [0.1, 0.15) is 18.1 Å². The van der Waals surface area contributed by atoms with Crippen LogP contribution in [0, 0.1) is 0 Å². The maximum absolute atomic E-state index is 11.9. The fraction of sp³-hybridized carbons (Fsp3) is 0.188. The lowest BCUT2D eigenvalue weighted by Gasteiger charge is -2.11. The van der Waals surface area contributed by atoms with Crippen LogP contribution in [0.3, 0.4) is 0 Å². The number of halogens is 1. The van der Waals surface area contributed by atoms with Gasteiger partial charge in [-0.1, -0.05) is 59.3 Å². The predicted octanol–water partition coefficient (Wildman–Crippen LogP) is 4.33. The summed E-state index contributed by atoms with van der Waals surface area (Å²) < 4.78 is 0.995. The third-order valence-electron chi connectivity index (χ3n) is 3.04. The molecule has 20 heavy (non-hydrogen) atoms. The molecule has 0 aromatic heterocycles. The van der Waals surface area contributed by atoms with Crippen molar-refractivity contribution in [3.63, 3.8) is 0 Å². The molecule has 0 fully saturated rings. The Morgan fingerprint density at radius 2 is 1.70 bits per heavy atom. The van der Waals surface area contributed by atoms with Crippen LogP contribution in [0.2, 0.25) is 0 Å². The third kappa shape index (κ3) is 3.84. The standard InChI is InChI=1S/C16H17BrN2O/c1-2-12-7-4-6-10-15(12)19-16(20)18-11-13-8-3-5-9-14(13)17/h3-10H,2,11H2,1H3,(H2,18,19,20). The van der Waals surface area contributed by atoms with Crippen LogP contribution in [-0.2, 0) is 13.0 Å². The van der Waals surface area contributed by atoms with Gasteiger partial charge in [0.25, 0.3) is 0 Å². The minimum Gasteiger partial charge on any atom is -0.334 e. The number of rotatable bonds is 4. The van der Waals surface area contributed by atoms with Crippen LogP contribution in [0.15, 0.2) is 53.0 Å². The Morgan fingerprint density at radius 3 is 2.40 bits per heavy atom. The first-order valence-corrected chi connectivity index (χ1v) is 7.36. The first-order valence-electron chi connectivity index (χ1n) is 6.57. The maximum Gasteiger partial charge on any atom is 0.319 e. The first kappa shape index (κ1) is 14.6. The lowest BCUT2D eigenvalue weighted by atomic mass is 10.1. The molecular weight excluding hydrogens is 316 g/mol. The van der Waals surface area contributed by atoms with Crippen LogP contribution in [0.4, 0.5) is 10.5 Å². The van der Waals surface area contributed by atoms with Crippen molar-refractivity contribution in [3.05, 3.63) is 64.1 Å². The highest BCUT2D eigenvalue weighted by molar-refractivity contribution is 9.10. The van der Waals surface area contributed by atoms with Crippen molar-refractivity contribution in [2.45, 2.75) is 19.9 Å². The van der Waals surface area contributed by atoms with Gasteiger partial charge in [-0.25, -0.2) is 4.79 Å². The molecule has 0 heterocycles. The van der Waals surface area contributed by atoms with Crippen molar-refractivity contribution in [2.24, 2.45) is 0 Å². The van der Waals surface area contributed by atoms with Gasteiger partial charge in [-0.2, -0.15) is 0 Å². The van der Waals surface area contributed by atoms with E-state index >= 15 is 0 Å². The van der Waals surface area contributed by atoms with E-state index in [1.165, 1.54) is 0 Å². The maximum atomic E-state index is 11.9. The Morgan fingerprint density at radius 1 is 1.05 bits per heavy atom. The van der Waals surface area contributed by atoms with Gasteiger partial charge in [-0.15, -0.1) is 0 Å². The Balaban J connectivity index is 1.95. The quantitative estimate of drug-likeness (QED) is 0.859. The molecule has 2 amide bonds. The van der Waals surface area contributed by atoms with Gasteiger partial charge < -0.3 is 10.6 Å². The predicted molar refractivity (Wildman–Crippen MR) is 85.8 cm³/mol. The molecule has 0 aliphatic rings. The summed E-state index contributed by atoms with van der Waals surface area (Å²) in [6, 6.07) is 15.5. The number of aryl methyl sites for hydroxylation is 1. The van der Waals surface area contributed by atoms with Gasteiger partial charge in [-0.05, 0) is 29.7 Å². The molecule has 0 unspecified atom stereocenters. The minimum atomic E-state index is -0.193. The van der Waals surface area contributed by atoms with Gasteiger partial charge in [0.2, 0.25) is 0 Å². The molecule has 0 atom stereocenters. The van der Waals surface area contributed by atoms with Crippen molar-refractivity contribution in [1.82, 2.24) is 5.32 Å². The van der Waals surface area contributed by atoms with Gasteiger partial charge in [0.15, 0.2) is 0 Å². The van der Waals surface area contributed by atoms with Gasteiger partial charge in [0.1, 0.15) is 0 Å². The number of para-hydroxylation sites is 1. The van der Waals surface area contributed by atoms with E-state index in [0.29, 0.717) is 6.54 Å². The zero-order valence-corrected chi connectivity index (χ0v) is 12.9. The number of hydrogen-bond donors (Lipinski definition) is 2. The zero-order chi connectivity index (χ0) is 14.4.